The van der Waals surface area contributed by atoms with Gasteiger partial charge in [-0.2, -0.15) is 13.1 Å². The first-order valence-electron chi connectivity index (χ1n) is 11.9. The number of halogens is 3. The number of amides is 2. The van der Waals surface area contributed by atoms with Crippen LogP contribution in [0.3, 0.4) is 0 Å². The molecule has 4 fully saturated rings. The number of carbonyl (C=O) groups is 1. The summed E-state index contributed by atoms with van der Waals surface area (Å²) in [6.45, 7) is -0.206. The van der Waals surface area contributed by atoms with Crippen LogP contribution in [0.2, 0.25) is 0 Å². The second-order valence-corrected chi connectivity index (χ2v) is 11.5. The summed E-state index contributed by atoms with van der Waals surface area (Å²) in [5.41, 5.74) is 0. The highest BCUT2D eigenvalue weighted by Gasteiger charge is 2.48. The molecular weight excluding hydrogens is 447 g/mol. The molecule has 0 saturated heterocycles. The molecule has 32 heavy (non-hydrogen) atoms. The minimum absolute atomic E-state index is 0.0122. The smallest absolute Gasteiger partial charge is 0.334 e. The third-order valence-corrected chi connectivity index (χ3v) is 9.15. The molecule has 6 atom stereocenters. The Bertz CT molecular complexity index is 759. The molecule has 184 valence electrons. The number of hydrogen-bond donors (Lipinski definition) is 3. The van der Waals surface area contributed by atoms with Crippen LogP contribution in [0.15, 0.2) is 0 Å². The summed E-state index contributed by atoms with van der Waals surface area (Å²) in [7, 11) is -4.19. The highest BCUT2D eigenvalue weighted by Crippen LogP contribution is 2.52. The van der Waals surface area contributed by atoms with Crippen LogP contribution in [0.25, 0.3) is 0 Å². The standard InChI is InChI=1S/C21H34F3N3O4S/c22-21(23,24)31-18-10-2-1-5-15(18)12-25-32(29,30)27-20(28)26-19-16-8-3-6-13(16)11-14-7-4-9-17(14)19/h13-19,25H,1-12H2,(H2,26,27,28). The number of rotatable bonds is 6. The Morgan fingerprint density at radius 1 is 0.906 bits per heavy atom. The van der Waals surface area contributed by atoms with Gasteiger partial charge in [-0.1, -0.05) is 38.5 Å². The van der Waals surface area contributed by atoms with Crippen molar-refractivity contribution in [3.63, 3.8) is 0 Å². The van der Waals surface area contributed by atoms with Crippen molar-refractivity contribution in [3.8, 4) is 0 Å². The number of carbonyl (C=O) groups excluding carboxylic acids is 1. The molecule has 7 nitrogen and oxygen atoms in total. The monoisotopic (exact) mass is 481 g/mol. The normalized spacial score (nSPS) is 37.5. The molecule has 4 rings (SSSR count). The van der Waals surface area contributed by atoms with Crippen LogP contribution in [0.5, 0.6) is 0 Å². The van der Waals surface area contributed by atoms with E-state index < -0.39 is 34.6 Å². The van der Waals surface area contributed by atoms with Gasteiger partial charge in [0.1, 0.15) is 0 Å². The molecule has 0 spiro atoms. The molecule has 0 aromatic carbocycles. The average Bonchev–Trinajstić information content (AvgIpc) is 3.34. The van der Waals surface area contributed by atoms with Crippen molar-refractivity contribution in [1.29, 1.82) is 0 Å². The molecule has 11 heteroatoms. The van der Waals surface area contributed by atoms with Crippen LogP contribution in [-0.4, -0.2) is 39.5 Å². The zero-order chi connectivity index (χ0) is 22.9. The van der Waals surface area contributed by atoms with E-state index in [1.165, 1.54) is 19.3 Å². The minimum atomic E-state index is -4.76. The van der Waals surface area contributed by atoms with Crippen molar-refractivity contribution in [3.05, 3.63) is 0 Å². The van der Waals surface area contributed by atoms with Gasteiger partial charge in [0.15, 0.2) is 0 Å². The highest BCUT2D eigenvalue weighted by atomic mass is 32.2. The fraction of sp³-hybridized carbons (Fsp3) is 0.952. The van der Waals surface area contributed by atoms with Gasteiger partial charge in [0.2, 0.25) is 0 Å². The predicted molar refractivity (Wildman–Crippen MR) is 112 cm³/mol. The summed E-state index contributed by atoms with van der Waals surface area (Å²) < 4.78 is 71.2. The number of fused-ring (bicyclic) bond motifs is 2. The van der Waals surface area contributed by atoms with Gasteiger partial charge in [0, 0.05) is 12.6 Å². The van der Waals surface area contributed by atoms with E-state index in [4.69, 9.17) is 0 Å². The third-order valence-electron chi connectivity index (χ3n) is 8.15. The van der Waals surface area contributed by atoms with E-state index in [1.807, 2.05) is 4.72 Å². The molecule has 2 amide bonds. The molecule has 0 bridgehead atoms. The van der Waals surface area contributed by atoms with E-state index in [1.54, 1.807) is 0 Å². The Hall–Kier alpha value is -1.07. The minimum Gasteiger partial charge on any atom is -0.334 e. The summed E-state index contributed by atoms with van der Waals surface area (Å²) in [5.74, 6) is 1.41. The summed E-state index contributed by atoms with van der Waals surface area (Å²) in [6, 6.07) is -0.769. The molecule has 0 radical (unpaired) electrons. The lowest BCUT2D eigenvalue weighted by molar-refractivity contribution is -0.350. The van der Waals surface area contributed by atoms with Gasteiger partial charge in [-0.15, -0.1) is 13.2 Å². The van der Waals surface area contributed by atoms with Crippen LogP contribution in [0.1, 0.15) is 70.6 Å². The molecule has 4 saturated carbocycles. The summed E-state index contributed by atoms with van der Waals surface area (Å²) in [4.78, 5) is 12.6. The van der Waals surface area contributed by atoms with E-state index >= 15 is 0 Å². The third kappa shape index (κ3) is 5.88. The fourth-order valence-corrected chi connectivity index (χ4v) is 7.68. The average molecular weight is 482 g/mol. The maximum atomic E-state index is 12.6. The van der Waals surface area contributed by atoms with Crippen molar-refractivity contribution in [2.75, 3.05) is 6.54 Å². The van der Waals surface area contributed by atoms with Crippen molar-refractivity contribution < 1.29 is 31.1 Å². The molecular formula is C21H34F3N3O4S. The van der Waals surface area contributed by atoms with Crippen LogP contribution in [0.4, 0.5) is 18.0 Å². The maximum Gasteiger partial charge on any atom is 0.522 e. The molecule has 6 unspecified atom stereocenters. The lowest BCUT2D eigenvalue weighted by Gasteiger charge is -2.42. The molecule has 4 aliphatic rings. The second kappa shape index (κ2) is 9.66. The molecule has 0 aliphatic heterocycles. The largest absolute Gasteiger partial charge is 0.522 e. The van der Waals surface area contributed by atoms with E-state index in [9.17, 15) is 26.4 Å². The quantitative estimate of drug-likeness (QED) is 0.537. The van der Waals surface area contributed by atoms with Gasteiger partial charge in [-0.05, 0) is 61.7 Å². The van der Waals surface area contributed by atoms with E-state index in [-0.39, 0.29) is 19.0 Å². The van der Waals surface area contributed by atoms with Crippen LogP contribution in [-0.2, 0) is 14.9 Å². The first-order chi connectivity index (χ1) is 15.1. The lowest BCUT2D eigenvalue weighted by atomic mass is 9.67. The van der Waals surface area contributed by atoms with E-state index in [0.29, 0.717) is 42.9 Å². The van der Waals surface area contributed by atoms with Crippen LogP contribution in [0, 0.1) is 29.6 Å². The van der Waals surface area contributed by atoms with Gasteiger partial charge in [-0.25, -0.2) is 9.52 Å². The van der Waals surface area contributed by atoms with Crippen molar-refractivity contribution in [2.24, 2.45) is 29.6 Å². The zero-order valence-electron chi connectivity index (χ0n) is 18.2. The molecule has 0 heterocycles. The lowest BCUT2D eigenvalue weighted by Crippen LogP contribution is -2.55. The topological polar surface area (TPSA) is 96.5 Å². The van der Waals surface area contributed by atoms with Crippen LogP contribution < -0.4 is 14.8 Å². The Labute approximate surface area is 187 Å². The molecule has 0 aromatic rings. The second-order valence-electron chi connectivity index (χ2n) is 10.0. The number of nitrogens with one attached hydrogen (secondary N) is 3. The van der Waals surface area contributed by atoms with Gasteiger partial charge >= 0.3 is 22.6 Å². The van der Waals surface area contributed by atoms with Gasteiger partial charge in [-0.3, -0.25) is 4.74 Å². The molecule has 0 aromatic heterocycles. The van der Waals surface area contributed by atoms with E-state index in [2.05, 4.69) is 14.8 Å². The van der Waals surface area contributed by atoms with Gasteiger partial charge < -0.3 is 5.32 Å². The van der Waals surface area contributed by atoms with Crippen molar-refractivity contribution in [2.45, 2.75) is 89.1 Å². The zero-order valence-corrected chi connectivity index (χ0v) is 19.0. The number of urea groups is 1. The Morgan fingerprint density at radius 3 is 2.16 bits per heavy atom. The fourth-order valence-electron chi connectivity index (χ4n) is 6.87. The van der Waals surface area contributed by atoms with Crippen LogP contribution >= 0.6 is 0 Å². The predicted octanol–water partition coefficient (Wildman–Crippen LogP) is 3.82. The summed E-state index contributed by atoms with van der Waals surface area (Å²) in [6.07, 6.45) is 4.14. The number of ether oxygens (including phenoxy) is 1. The van der Waals surface area contributed by atoms with Crippen molar-refractivity contribution >= 4 is 16.2 Å². The van der Waals surface area contributed by atoms with E-state index in [0.717, 1.165) is 25.7 Å². The summed E-state index contributed by atoms with van der Waals surface area (Å²) in [5, 5.41) is 2.95. The number of hydrogen-bond acceptors (Lipinski definition) is 4. The maximum absolute atomic E-state index is 12.6. The highest BCUT2D eigenvalue weighted by molar-refractivity contribution is 7.88. The van der Waals surface area contributed by atoms with Gasteiger partial charge in [0.05, 0.1) is 6.10 Å². The van der Waals surface area contributed by atoms with Gasteiger partial charge in [0.25, 0.3) is 0 Å². The first kappa shape index (κ1) is 24.1. The Kier molecular flexibility index (Phi) is 7.26. The SMILES string of the molecule is O=C(NC1C2CCCC2CC2CCCC21)NS(=O)(=O)NCC1CCCCC1OC(F)(F)F. The first-order valence-corrected chi connectivity index (χ1v) is 13.4. The molecule has 3 N–H and O–H groups in total. The summed E-state index contributed by atoms with van der Waals surface area (Å²) >= 11 is 0. The Balaban J connectivity index is 1.31. The Morgan fingerprint density at radius 2 is 1.53 bits per heavy atom. The van der Waals surface area contributed by atoms with Crippen molar-refractivity contribution in [1.82, 2.24) is 14.8 Å². The molecule has 4 aliphatic carbocycles. The number of alkyl halides is 3.